The van der Waals surface area contributed by atoms with Crippen LogP contribution in [0.4, 0.5) is 5.69 Å². The normalized spacial score (nSPS) is 9.80. The van der Waals surface area contributed by atoms with Gasteiger partial charge in [0.15, 0.2) is 0 Å². The minimum absolute atomic E-state index is 0.0352. The largest absolute Gasteiger partial charge is 0.270 e. The van der Waals surface area contributed by atoms with Crippen molar-refractivity contribution in [1.29, 1.82) is 5.26 Å². The predicted molar refractivity (Wildman–Crippen MR) is 53.1 cm³/mol. The Balaban J connectivity index is 2.80. The van der Waals surface area contributed by atoms with Gasteiger partial charge in [0.25, 0.3) is 5.69 Å². The van der Waals surface area contributed by atoms with E-state index >= 15 is 0 Å². The number of nitrogens with zero attached hydrogens (tertiary/aromatic N) is 3. The zero-order chi connectivity index (χ0) is 10.8. The monoisotopic (exact) mass is 199 g/mol. The van der Waals surface area contributed by atoms with Gasteiger partial charge in [-0.05, 0) is 17.5 Å². The lowest BCUT2D eigenvalue weighted by molar-refractivity contribution is -0.384. The molecular weight excluding hydrogens is 194 g/mol. The van der Waals surface area contributed by atoms with Gasteiger partial charge in [0.1, 0.15) is 11.8 Å². The van der Waals surface area contributed by atoms with E-state index in [1.807, 2.05) is 6.07 Å². The van der Waals surface area contributed by atoms with Crippen LogP contribution in [0, 0.1) is 21.4 Å². The van der Waals surface area contributed by atoms with Crippen molar-refractivity contribution in [2.45, 2.75) is 0 Å². The van der Waals surface area contributed by atoms with Crippen LogP contribution in [0.2, 0.25) is 0 Å². The molecular formula is C10H5N3O2. The molecule has 72 valence electrons. The third-order valence-corrected chi connectivity index (χ3v) is 2.07. The van der Waals surface area contributed by atoms with Gasteiger partial charge in [0.2, 0.25) is 0 Å². The highest BCUT2D eigenvalue weighted by Gasteiger charge is 2.08. The van der Waals surface area contributed by atoms with Gasteiger partial charge in [-0.25, -0.2) is 4.98 Å². The maximum absolute atomic E-state index is 10.5. The van der Waals surface area contributed by atoms with Crippen molar-refractivity contribution in [1.82, 2.24) is 4.98 Å². The standard InChI is InChI=1S/C10H5N3O2/c11-6-10-9-5-8(13(14)15)2-1-7(9)3-4-12-10/h1-5H. The summed E-state index contributed by atoms with van der Waals surface area (Å²) in [5.41, 5.74) is 0.170. The second-order valence-corrected chi connectivity index (χ2v) is 2.93. The SMILES string of the molecule is N#Cc1nccc2ccc([N+](=O)[O-])cc12. The zero-order valence-electron chi connectivity index (χ0n) is 7.54. The van der Waals surface area contributed by atoms with Gasteiger partial charge in [-0.1, -0.05) is 0 Å². The van der Waals surface area contributed by atoms with Crippen molar-refractivity contribution in [3.05, 3.63) is 46.3 Å². The van der Waals surface area contributed by atoms with Gasteiger partial charge in [-0.2, -0.15) is 5.26 Å². The number of hydrogen-bond donors (Lipinski definition) is 0. The molecule has 0 amide bonds. The van der Waals surface area contributed by atoms with Gasteiger partial charge < -0.3 is 0 Å². The number of hydrogen-bond acceptors (Lipinski definition) is 4. The van der Waals surface area contributed by atoms with E-state index in [1.54, 1.807) is 12.1 Å². The lowest BCUT2D eigenvalue weighted by atomic mass is 10.1. The molecule has 0 aliphatic carbocycles. The van der Waals surface area contributed by atoms with Crippen molar-refractivity contribution in [2.24, 2.45) is 0 Å². The van der Waals surface area contributed by atoms with E-state index in [0.29, 0.717) is 5.39 Å². The topological polar surface area (TPSA) is 79.8 Å². The summed E-state index contributed by atoms with van der Waals surface area (Å²) >= 11 is 0. The second kappa shape index (κ2) is 3.35. The van der Waals surface area contributed by atoms with Gasteiger partial charge in [-0.3, -0.25) is 10.1 Å². The van der Waals surface area contributed by atoms with E-state index in [4.69, 9.17) is 5.26 Å². The summed E-state index contributed by atoms with van der Waals surface area (Å²) in [5.74, 6) is 0. The fourth-order valence-electron chi connectivity index (χ4n) is 1.36. The molecule has 1 aromatic heterocycles. The van der Waals surface area contributed by atoms with Gasteiger partial charge >= 0.3 is 0 Å². The average Bonchev–Trinajstić information content (AvgIpc) is 2.27. The van der Waals surface area contributed by atoms with Crippen LogP contribution in [0.1, 0.15) is 5.69 Å². The van der Waals surface area contributed by atoms with Crippen LogP contribution in [0.3, 0.4) is 0 Å². The summed E-state index contributed by atoms with van der Waals surface area (Å²) in [4.78, 5) is 13.9. The number of rotatable bonds is 1. The Labute approximate surface area is 84.7 Å². The molecule has 0 aliphatic rings. The number of fused-ring (bicyclic) bond motifs is 1. The Hall–Kier alpha value is -2.48. The molecule has 0 N–H and O–H groups in total. The number of benzene rings is 1. The van der Waals surface area contributed by atoms with E-state index in [9.17, 15) is 10.1 Å². The Morgan fingerprint density at radius 3 is 2.87 bits per heavy atom. The van der Waals surface area contributed by atoms with Gasteiger partial charge in [-0.15, -0.1) is 0 Å². The molecule has 0 radical (unpaired) electrons. The van der Waals surface area contributed by atoms with Crippen LogP contribution in [0.5, 0.6) is 0 Å². The van der Waals surface area contributed by atoms with Gasteiger partial charge in [0.05, 0.1) is 4.92 Å². The number of nitro groups is 1. The summed E-state index contributed by atoms with van der Waals surface area (Å²) in [6.45, 7) is 0. The van der Waals surface area contributed by atoms with Crippen molar-refractivity contribution >= 4 is 16.5 Å². The third-order valence-electron chi connectivity index (χ3n) is 2.07. The molecule has 0 saturated carbocycles. The molecule has 1 aromatic carbocycles. The molecule has 2 rings (SSSR count). The number of aromatic nitrogens is 1. The van der Waals surface area contributed by atoms with Crippen molar-refractivity contribution in [3.63, 3.8) is 0 Å². The number of non-ortho nitro benzene ring substituents is 1. The highest BCUT2D eigenvalue weighted by atomic mass is 16.6. The van der Waals surface area contributed by atoms with Crippen LogP contribution >= 0.6 is 0 Å². The first-order chi connectivity index (χ1) is 7.22. The molecule has 0 bridgehead atoms. The van der Waals surface area contributed by atoms with E-state index in [0.717, 1.165) is 5.39 Å². The molecule has 5 heteroatoms. The predicted octanol–water partition coefficient (Wildman–Crippen LogP) is 2.01. The second-order valence-electron chi connectivity index (χ2n) is 2.93. The lowest BCUT2D eigenvalue weighted by Gasteiger charge is -1.98. The minimum atomic E-state index is -0.492. The van der Waals surface area contributed by atoms with Gasteiger partial charge in [0, 0.05) is 23.7 Å². The molecule has 0 aliphatic heterocycles. The molecule has 0 saturated heterocycles. The first-order valence-corrected chi connectivity index (χ1v) is 4.15. The quantitative estimate of drug-likeness (QED) is 0.519. The number of nitro benzene ring substituents is 1. The van der Waals surface area contributed by atoms with E-state index in [-0.39, 0.29) is 11.4 Å². The molecule has 0 fully saturated rings. The first-order valence-electron chi connectivity index (χ1n) is 4.15. The lowest BCUT2D eigenvalue weighted by Crippen LogP contribution is -1.90. The highest BCUT2D eigenvalue weighted by molar-refractivity contribution is 5.88. The molecule has 0 atom stereocenters. The van der Waals surface area contributed by atoms with Crippen LogP contribution in [-0.2, 0) is 0 Å². The van der Waals surface area contributed by atoms with Crippen LogP contribution in [-0.4, -0.2) is 9.91 Å². The minimum Gasteiger partial charge on any atom is -0.258 e. The molecule has 0 spiro atoms. The molecule has 1 heterocycles. The van der Waals surface area contributed by atoms with E-state index in [2.05, 4.69) is 4.98 Å². The summed E-state index contributed by atoms with van der Waals surface area (Å²) in [5, 5.41) is 20.6. The first kappa shape index (κ1) is 9.09. The Kier molecular flexibility index (Phi) is 2.03. The Bertz CT molecular complexity index is 587. The zero-order valence-corrected chi connectivity index (χ0v) is 7.54. The Morgan fingerprint density at radius 1 is 1.40 bits per heavy atom. The smallest absolute Gasteiger partial charge is 0.258 e. The molecule has 0 unspecified atom stereocenters. The summed E-state index contributed by atoms with van der Waals surface area (Å²) in [7, 11) is 0. The molecule has 15 heavy (non-hydrogen) atoms. The number of nitriles is 1. The fraction of sp³-hybridized carbons (Fsp3) is 0. The van der Waals surface area contributed by atoms with E-state index < -0.39 is 4.92 Å². The van der Waals surface area contributed by atoms with Crippen molar-refractivity contribution in [3.8, 4) is 6.07 Å². The van der Waals surface area contributed by atoms with Crippen molar-refractivity contribution in [2.75, 3.05) is 0 Å². The van der Waals surface area contributed by atoms with Crippen LogP contribution < -0.4 is 0 Å². The van der Waals surface area contributed by atoms with Crippen LogP contribution in [0.15, 0.2) is 30.5 Å². The average molecular weight is 199 g/mol. The number of pyridine rings is 1. The molecule has 5 nitrogen and oxygen atoms in total. The van der Waals surface area contributed by atoms with Crippen molar-refractivity contribution < 1.29 is 4.92 Å². The highest BCUT2D eigenvalue weighted by Crippen LogP contribution is 2.22. The maximum Gasteiger partial charge on any atom is 0.270 e. The summed E-state index contributed by atoms with van der Waals surface area (Å²) in [6, 6.07) is 7.99. The van der Waals surface area contributed by atoms with E-state index in [1.165, 1.54) is 18.3 Å². The van der Waals surface area contributed by atoms with Crippen LogP contribution in [0.25, 0.3) is 10.8 Å². The maximum atomic E-state index is 10.5. The summed E-state index contributed by atoms with van der Waals surface area (Å²) < 4.78 is 0. The Morgan fingerprint density at radius 2 is 2.20 bits per heavy atom. The third kappa shape index (κ3) is 1.48. The fourth-order valence-corrected chi connectivity index (χ4v) is 1.36. The molecule has 2 aromatic rings. The summed E-state index contributed by atoms with van der Waals surface area (Å²) in [6.07, 6.45) is 1.51.